The van der Waals surface area contributed by atoms with E-state index in [1.54, 1.807) is 6.07 Å². The van der Waals surface area contributed by atoms with E-state index in [9.17, 15) is 5.11 Å². The standard InChI is InChI=1S/C19H22O/c1-2-3-14-4-6-15(7-5-14)16-8-9-18-13-19(20)11-10-17(18)12-16/h2,8-15,20H,1,3-7H2. The second-order valence-electron chi connectivity index (χ2n) is 6.03. The van der Waals surface area contributed by atoms with E-state index in [2.05, 4.69) is 30.9 Å². The average molecular weight is 266 g/mol. The van der Waals surface area contributed by atoms with Crippen LogP contribution >= 0.6 is 0 Å². The Kier molecular flexibility index (Phi) is 3.77. The molecule has 0 unspecified atom stereocenters. The van der Waals surface area contributed by atoms with Crippen molar-refractivity contribution in [3.05, 3.63) is 54.6 Å². The van der Waals surface area contributed by atoms with Gasteiger partial charge in [0.15, 0.2) is 0 Å². The van der Waals surface area contributed by atoms with Gasteiger partial charge in [-0.2, -0.15) is 0 Å². The Morgan fingerprint density at radius 3 is 2.45 bits per heavy atom. The SMILES string of the molecule is C=CCC1CCC(c2ccc3cc(O)ccc3c2)CC1. The normalized spacial score (nSPS) is 22.8. The fourth-order valence-corrected chi connectivity index (χ4v) is 3.47. The van der Waals surface area contributed by atoms with Crippen LogP contribution in [0.1, 0.15) is 43.6 Å². The number of hydrogen-bond donors (Lipinski definition) is 1. The van der Waals surface area contributed by atoms with Crippen molar-refractivity contribution in [1.29, 1.82) is 0 Å². The first-order valence-electron chi connectivity index (χ1n) is 7.60. The number of fused-ring (bicyclic) bond motifs is 1. The van der Waals surface area contributed by atoms with Gasteiger partial charge in [-0.3, -0.25) is 0 Å². The molecule has 1 fully saturated rings. The van der Waals surface area contributed by atoms with E-state index >= 15 is 0 Å². The largest absolute Gasteiger partial charge is 0.508 e. The predicted octanol–water partition coefficient (Wildman–Crippen LogP) is 5.40. The fourth-order valence-electron chi connectivity index (χ4n) is 3.47. The molecule has 1 heteroatoms. The zero-order valence-corrected chi connectivity index (χ0v) is 11.9. The molecule has 0 atom stereocenters. The molecule has 0 aromatic heterocycles. The summed E-state index contributed by atoms with van der Waals surface area (Å²) in [5.74, 6) is 1.89. The maximum Gasteiger partial charge on any atom is 0.116 e. The van der Waals surface area contributed by atoms with Crippen LogP contribution in [0, 0.1) is 5.92 Å². The lowest BCUT2D eigenvalue weighted by molar-refractivity contribution is 0.328. The summed E-state index contributed by atoms with van der Waals surface area (Å²) in [6.45, 7) is 3.85. The van der Waals surface area contributed by atoms with E-state index in [4.69, 9.17) is 0 Å². The Hall–Kier alpha value is -1.76. The second kappa shape index (κ2) is 5.70. The summed E-state index contributed by atoms with van der Waals surface area (Å²) >= 11 is 0. The number of phenolic OH excluding ortho intramolecular Hbond substituents is 1. The molecular formula is C19H22O. The third kappa shape index (κ3) is 2.72. The summed E-state index contributed by atoms with van der Waals surface area (Å²) in [6, 6.07) is 12.3. The molecule has 20 heavy (non-hydrogen) atoms. The first-order valence-corrected chi connectivity index (χ1v) is 7.60. The van der Waals surface area contributed by atoms with Crippen molar-refractivity contribution >= 4 is 10.8 Å². The zero-order chi connectivity index (χ0) is 13.9. The number of benzene rings is 2. The Balaban J connectivity index is 1.78. The van der Waals surface area contributed by atoms with Crippen LogP contribution in [0.3, 0.4) is 0 Å². The van der Waals surface area contributed by atoms with Crippen LogP contribution in [-0.4, -0.2) is 5.11 Å². The number of phenols is 1. The molecule has 0 amide bonds. The maximum absolute atomic E-state index is 9.52. The molecule has 0 heterocycles. The molecule has 1 nitrogen and oxygen atoms in total. The molecule has 2 aromatic carbocycles. The Morgan fingerprint density at radius 1 is 1.00 bits per heavy atom. The van der Waals surface area contributed by atoms with E-state index < -0.39 is 0 Å². The summed E-state index contributed by atoms with van der Waals surface area (Å²) in [4.78, 5) is 0. The van der Waals surface area contributed by atoms with Crippen molar-refractivity contribution in [1.82, 2.24) is 0 Å². The second-order valence-corrected chi connectivity index (χ2v) is 6.03. The summed E-state index contributed by atoms with van der Waals surface area (Å²) < 4.78 is 0. The van der Waals surface area contributed by atoms with Crippen molar-refractivity contribution in [2.45, 2.75) is 38.0 Å². The van der Waals surface area contributed by atoms with E-state index in [0.717, 1.165) is 11.3 Å². The molecule has 3 rings (SSSR count). The Morgan fingerprint density at radius 2 is 1.70 bits per heavy atom. The van der Waals surface area contributed by atoms with Crippen LogP contribution in [0.25, 0.3) is 10.8 Å². The monoisotopic (exact) mass is 266 g/mol. The molecule has 0 aliphatic heterocycles. The molecular weight excluding hydrogens is 244 g/mol. The highest BCUT2D eigenvalue weighted by atomic mass is 16.3. The maximum atomic E-state index is 9.52. The van der Waals surface area contributed by atoms with E-state index in [0.29, 0.717) is 11.7 Å². The third-order valence-corrected chi connectivity index (χ3v) is 4.67. The number of allylic oxidation sites excluding steroid dienone is 1. The first-order chi connectivity index (χ1) is 9.76. The molecule has 0 saturated heterocycles. The van der Waals surface area contributed by atoms with Gasteiger partial charge in [0.1, 0.15) is 5.75 Å². The molecule has 1 aliphatic rings. The topological polar surface area (TPSA) is 20.2 Å². The van der Waals surface area contributed by atoms with Crippen LogP contribution < -0.4 is 0 Å². The smallest absolute Gasteiger partial charge is 0.116 e. The van der Waals surface area contributed by atoms with Gasteiger partial charge in [0.25, 0.3) is 0 Å². The van der Waals surface area contributed by atoms with Gasteiger partial charge in [0.05, 0.1) is 0 Å². The van der Waals surface area contributed by atoms with Crippen LogP contribution in [0.2, 0.25) is 0 Å². The Bertz CT molecular complexity index is 606. The minimum Gasteiger partial charge on any atom is -0.508 e. The molecule has 2 aromatic rings. The van der Waals surface area contributed by atoms with Crippen molar-refractivity contribution < 1.29 is 5.11 Å². The average Bonchev–Trinajstić information content (AvgIpc) is 2.48. The van der Waals surface area contributed by atoms with Gasteiger partial charge < -0.3 is 5.11 Å². The quantitative estimate of drug-likeness (QED) is 0.738. The Labute approximate surface area is 120 Å². The lowest BCUT2D eigenvalue weighted by atomic mass is 9.77. The highest BCUT2D eigenvalue weighted by molar-refractivity contribution is 5.84. The number of aromatic hydroxyl groups is 1. The van der Waals surface area contributed by atoms with Crippen molar-refractivity contribution in [2.24, 2.45) is 5.92 Å². The molecule has 0 spiro atoms. The predicted molar refractivity (Wildman–Crippen MR) is 85.1 cm³/mol. The van der Waals surface area contributed by atoms with Gasteiger partial charge in [-0.25, -0.2) is 0 Å². The molecule has 0 radical (unpaired) electrons. The molecule has 1 N–H and O–H groups in total. The minimum absolute atomic E-state index is 0.343. The van der Waals surface area contributed by atoms with Crippen molar-refractivity contribution in [2.75, 3.05) is 0 Å². The van der Waals surface area contributed by atoms with Gasteiger partial charge in [0, 0.05) is 0 Å². The molecule has 1 saturated carbocycles. The number of rotatable bonds is 3. The third-order valence-electron chi connectivity index (χ3n) is 4.67. The van der Waals surface area contributed by atoms with Gasteiger partial charge in [0.2, 0.25) is 0 Å². The minimum atomic E-state index is 0.343. The van der Waals surface area contributed by atoms with Gasteiger partial charge >= 0.3 is 0 Å². The lowest BCUT2D eigenvalue weighted by Gasteiger charge is -2.28. The number of hydrogen-bond acceptors (Lipinski definition) is 1. The van der Waals surface area contributed by atoms with E-state index in [1.165, 1.54) is 43.1 Å². The van der Waals surface area contributed by atoms with Crippen molar-refractivity contribution in [3.63, 3.8) is 0 Å². The van der Waals surface area contributed by atoms with Crippen LogP contribution in [-0.2, 0) is 0 Å². The molecule has 1 aliphatic carbocycles. The van der Waals surface area contributed by atoms with E-state index in [1.807, 2.05) is 12.1 Å². The molecule has 104 valence electrons. The van der Waals surface area contributed by atoms with Crippen molar-refractivity contribution in [3.8, 4) is 5.75 Å². The lowest BCUT2D eigenvalue weighted by Crippen LogP contribution is -2.12. The van der Waals surface area contributed by atoms with Crippen LogP contribution in [0.4, 0.5) is 0 Å². The van der Waals surface area contributed by atoms with E-state index in [-0.39, 0.29) is 0 Å². The van der Waals surface area contributed by atoms with Gasteiger partial charge in [-0.1, -0.05) is 30.3 Å². The van der Waals surface area contributed by atoms with Crippen LogP contribution in [0.15, 0.2) is 49.1 Å². The highest BCUT2D eigenvalue weighted by Crippen LogP contribution is 2.38. The first kappa shape index (κ1) is 13.2. The van der Waals surface area contributed by atoms with Gasteiger partial charge in [-0.05, 0) is 72.4 Å². The summed E-state index contributed by atoms with van der Waals surface area (Å²) in [5, 5.41) is 11.9. The van der Waals surface area contributed by atoms with Gasteiger partial charge in [-0.15, -0.1) is 6.58 Å². The fraction of sp³-hybridized carbons (Fsp3) is 0.368. The summed E-state index contributed by atoms with van der Waals surface area (Å²) in [6.07, 6.45) is 8.47. The van der Waals surface area contributed by atoms with Crippen LogP contribution in [0.5, 0.6) is 5.75 Å². The zero-order valence-electron chi connectivity index (χ0n) is 11.9. The molecule has 0 bridgehead atoms. The summed E-state index contributed by atoms with van der Waals surface area (Å²) in [5.41, 5.74) is 1.46. The summed E-state index contributed by atoms with van der Waals surface area (Å²) in [7, 11) is 0. The highest BCUT2D eigenvalue weighted by Gasteiger charge is 2.21.